The van der Waals surface area contributed by atoms with Gasteiger partial charge in [-0.25, -0.2) is 0 Å². The van der Waals surface area contributed by atoms with E-state index in [1.807, 2.05) is 6.20 Å². The Morgan fingerprint density at radius 2 is 2.08 bits per heavy atom. The molecule has 0 radical (unpaired) electrons. The first-order valence-corrected chi connectivity index (χ1v) is 4.73. The van der Waals surface area contributed by atoms with Crippen LogP contribution in [0.2, 0.25) is 0 Å². The molecular weight excluding hydrogens is 148 g/mol. The van der Waals surface area contributed by atoms with E-state index in [4.69, 9.17) is 0 Å². The van der Waals surface area contributed by atoms with Crippen LogP contribution < -0.4 is 0 Å². The van der Waals surface area contributed by atoms with Crippen molar-refractivity contribution < 1.29 is 0 Å². The van der Waals surface area contributed by atoms with E-state index in [0.29, 0.717) is 5.54 Å². The summed E-state index contributed by atoms with van der Waals surface area (Å²) in [6.07, 6.45) is 6.15. The molecule has 1 aromatic rings. The lowest BCUT2D eigenvalue weighted by Gasteiger charge is -2.61. The Balaban J connectivity index is 2.06. The minimum Gasteiger partial charge on any atom is -0.263 e. The normalized spacial score (nSPS) is 37.3. The molecule has 2 nitrogen and oxygen atoms in total. The first kappa shape index (κ1) is 6.70. The molecule has 3 aliphatic rings. The molecule has 3 fully saturated rings. The van der Waals surface area contributed by atoms with E-state index in [-0.39, 0.29) is 0 Å². The SMILES string of the molecule is Cc1cnn(C23CC(C2)C3)c1C. The van der Waals surface area contributed by atoms with E-state index in [0.717, 1.165) is 5.92 Å². The molecule has 2 heteroatoms. The van der Waals surface area contributed by atoms with Crippen LogP contribution in [0.25, 0.3) is 0 Å². The fourth-order valence-electron chi connectivity index (χ4n) is 2.66. The van der Waals surface area contributed by atoms with Crippen molar-refractivity contribution in [3.8, 4) is 0 Å². The van der Waals surface area contributed by atoms with Crippen molar-refractivity contribution in [2.24, 2.45) is 5.92 Å². The zero-order valence-corrected chi connectivity index (χ0v) is 7.67. The summed E-state index contributed by atoms with van der Waals surface area (Å²) >= 11 is 0. The van der Waals surface area contributed by atoms with Crippen molar-refractivity contribution in [3.05, 3.63) is 17.5 Å². The maximum Gasteiger partial charge on any atom is 0.0638 e. The molecule has 1 aromatic heterocycles. The molecule has 4 rings (SSSR count). The van der Waals surface area contributed by atoms with Gasteiger partial charge in [-0.15, -0.1) is 0 Å². The largest absolute Gasteiger partial charge is 0.263 e. The van der Waals surface area contributed by atoms with Crippen LogP contribution in [0.5, 0.6) is 0 Å². The molecule has 2 bridgehead atoms. The number of rotatable bonds is 1. The van der Waals surface area contributed by atoms with E-state index >= 15 is 0 Å². The average Bonchev–Trinajstić information content (AvgIpc) is 2.12. The summed E-state index contributed by atoms with van der Waals surface area (Å²) in [4.78, 5) is 0. The molecular formula is C10H14N2. The van der Waals surface area contributed by atoms with Crippen molar-refractivity contribution in [2.45, 2.75) is 38.6 Å². The maximum absolute atomic E-state index is 4.46. The summed E-state index contributed by atoms with van der Waals surface area (Å²) in [5.74, 6) is 1.04. The lowest BCUT2D eigenvalue weighted by molar-refractivity contribution is -0.0991. The zero-order chi connectivity index (χ0) is 8.34. The van der Waals surface area contributed by atoms with E-state index in [1.165, 1.54) is 30.5 Å². The Bertz CT molecular complexity index is 321. The van der Waals surface area contributed by atoms with Gasteiger partial charge in [-0.3, -0.25) is 4.68 Å². The number of nitrogens with zero attached hydrogens (tertiary/aromatic N) is 2. The molecule has 0 unspecified atom stereocenters. The van der Waals surface area contributed by atoms with Crippen LogP contribution in [-0.4, -0.2) is 9.78 Å². The third-order valence-corrected chi connectivity index (χ3v) is 3.71. The lowest BCUT2D eigenvalue weighted by Crippen LogP contribution is -2.60. The lowest BCUT2D eigenvalue weighted by atomic mass is 9.50. The molecule has 0 aromatic carbocycles. The third-order valence-electron chi connectivity index (χ3n) is 3.71. The summed E-state index contributed by atoms with van der Waals surface area (Å²) < 4.78 is 2.27. The molecule has 64 valence electrons. The van der Waals surface area contributed by atoms with Crippen molar-refractivity contribution >= 4 is 0 Å². The molecule has 0 spiro atoms. The minimum absolute atomic E-state index is 0.475. The second-order valence-corrected chi connectivity index (χ2v) is 4.53. The quantitative estimate of drug-likeness (QED) is 0.617. The van der Waals surface area contributed by atoms with Crippen LogP contribution in [-0.2, 0) is 5.54 Å². The van der Waals surface area contributed by atoms with E-state index in [9.17, 15) is 0 Å². The van der Waals surface area contributed by atoms with Gasteiger partial charge in [0, 0.05) is 5.69 Å². The van der Waals surface area contributed by atoms with Gasteiger partial charge in [0.15, 0.2) is 0 Å². The number of hydrogen-bond acceptors (Lipinski definition) is 1. The molecule has 0 aliphatic heterocycles. The third kappa shape index (κ3) is 0.563. The summed E-state index contributed by atoms with van der Waals surface area (Å²) in [5, 5.41) is 4.46. The van der Waals surface area contributed by atoms with Crippen molar-refractivity contribution in [1.29, 1.82) is 0 Å². The van der Waals surface area contributed by atoms with Gasteiger partial charge >= 0.3 is 0 Å². The molecule has 0 atom stereocenters. The molecule has 12 heavy (non-hydrogen) atoms. The Labute approximate surface area is 72.6 Å². The van der Waals surface area contributed by atoms with Crippen molar-refractivity contribution in [3.63, 3.8) is 0 Å². The topological polar surface area (TPSA) is 17.8 Å². The highest BCUT2D eigenvalue weighted by Crippen LogP contribution is 2.62. The highest BCUT2D eigenvalue weighted by molar-refractivity contribution is 5.21. The van der Waals surface area contributed by atoms with Gasteiger partial charge in [-0.2, -0.15) is 5.10 Å². The highest BCUT2D eigenvalue weighted by Gasteiger charge is 2.58. The highest BCUT2D eigenvalue weighted by atomic mass is 15.3. The van der Waals surface area contributed by atoms with Gasteiger partial charge in [0.05, 0.1) is 11.7 Å². The predicted octanol–water partition coefficient (Wildman–Crippen LogP) is 2.01. The Morgan fingerprint density at radius 1 is 1.42 bits per heavy atom. The molecule has 3 aliphatic carbocycles. The predicted molar refractivity (Wildman–Crippen MR) is 47.0 cm³/mol. The zero-order valence-electron chi connectivity index (χ0n) is 7.67. The van der Waals surface area contributed by atoms with Crippen LogP contribution in [0.15, 0.2) is 6.20 Å². The van der Waals surface area contributed by atoms with Gasteiger partial charge in [0.2, 0.25) is 0 Å². The van der Waals surface area contributed by atoms with Gasteiger partial charge in [0.25, 0.3) is 0 Å². The number of aryl methyl sites for hydroxylation is 1. The first-order valence-electron chi connectivity index (χ1n) is 4.73. The Hall–Kier alpha value is -0.790. The van der Waals surface area contributed by atoms with Crippen molar-refractivity contribution in [1.82, 2.24) is 9.78 Å². The van der Waals surface area contributed by atoms with E-state index in [2.05, 4.69) is 23.6 Å². The summed E-state index contributed by atoms with van der Waals surface area (Å²) in [6, 6.07) is 0. The number of hydrogen-bond donors (Lipinski definition) is 0. The van der Waals surface area contributed by atoms with Gasteiger partial charge in [0.1, 0.15) is 0 Å². The fraction of sp³-hybridized carbons (Fsp3) is 0.700. The second kappa shape index (κ2) is 1.76. The van der Waals surface area contributed by atoms with Crippen molar-refractivity contribution in [2.75, 3.05) is 0 Å². The smallest absolute Gasteiger partial charge is 0.0638 e. The number of aromatic nitrogens is 2. The van der Waals surface area contributed by atoms with Crippen LogP contribution in [0.4, 0.5) is 0 Å². The van der Waals surface area contributed by atoms with E-state index < -0.39 is 0 Å². The molecule has 0 amide bonds. The van der Waals surface area contributed by atoms with Gasteiger partial charge < -0.3 is 0 Å². The van der Waals surface area contributed by atoms with E-state index in [1.54, 1.807) is 0 Å². The summed E-state index contributed by atoms with van der Waals surface area (Å²) in [6.45, 7) is 4.33. The van der Waals surface area contributed by atoms with Crippen LogP contribution in [0, 0.1) is 19.8 Å². The monoisotopic (exact) mass is 162 g/mol. The molecule has 0 saturated heterocycles. The average molecular weight is 162 g/mol. The Morgan fingerprint density at radius 3 is 2.42 bits per heavy atom. The second-order valence-electron chi connectivity index (χ2n) is 4.53. The summed E-state index contributed by atoms with van der Waals surface area (Å²) in [5.41, 5.74) is 3.18. The molecule has 3 saturated carbocycles. The standard InChI is InChI=1S/C10H14N2/c1-7-6-11-12(8(7)2)10-3-9(4-10)5-10/h6,9H,3-5H2,1-2H3. The van der Waals surface area contributed by atoms with Crippen LogP contribution in [0.3, 0.4) is 0 Å². The Kier molecular flexibility index (Phi) is 0.980. The van der Waals surface area contributed by atoms with Gasteiger partial charge in [-0.1, -0.05) is 0 Å². The molecule has 0 N–H and O–H groups in total. The fourth-order valence-corrected chi connectivity index (χ4v) is 2.66. The van der Waals surface area contributed by atoms with Crippen LogP contribution >= 0.6 is 0 Å². The molecule has 1 heterocycles. The minimum atomic E-state index is 0.475. The van der Waals surface area contributed by atoms with Crippen LogP contribution in [0.1, 0.15) is 30.5 Å². The first-order chi connectivity index (χ1) is 5.71. The summed E-state index contributed by atoms with van der Waals surface area (Å²) in [7, 11) is 0. The maximum atomic E-state index is 4.46. The van der Waals surface area contributed by atoms with Gasteiger partial charge in [-0.05, 0) is 44.6 Å².